The highest BCUT2D eigenvalue weighted by Gasteiger charge is 2.25. The Hall–Kier alpha value is -3.28. The number of piperazine rings is 1. The van der Waals surface area contributed by atoms with Gasteiger partial charge >= 0.3 is 0 Å². The molecular formula is C21H21N3O3. The van der Waals surface area contributed by atoms with Crippen molar-refractivity contribution in [3.05, 3.63) is 66.4 Å². The van der Waals surface area contributed by atoms with Gasteiger partial charge in [0, 0.05) is 43.5 Å². The van der Waals surface area contributed by atoms with Crippen molar-refractivity contribution in [3.8, 4) is 5.75 Å². The smallest absolute Gasteiger partial charge is 0.260 e. The van der Waals surface area contributed by atoms with Crippen molar-refractivity contribution in [2.24, 2.45) is 0 Å². The van der Waals surface area contributed by atoms with Crippen LogP contribution in [-0.4, -0.2) is 59.4 Å². The third kappa shape index (κ3) is 3.79. The lowest BCUT2D eigenvalue weighted by Gasteiger charge is -2.34. The molecule has 0 saturated carbocycles. The molecule has 0 atom stereocenters. The summed E-state index contributed by atoms with van der Waals surface area (Å²) in [4.78, 5) is 31.7. The Balaban J connectivity index is 1.31. The minimum absolute atomic E-state index is 0.000801. The number of amides is 2. The molecule has 0 spiro atoms. The molecule has 0 bridgehead atoms. The average molecular weight is 363 g/mol. The molecule has 6 nitrogen and oxygen atoms in total. The second-order valence-electron chi connectivity index (χ2n) is 6.55. The van der Waals surface area contributed by atoms with E-state index in [0.717, 1.165) is 10.9 Å². The average Bonchev–Trinajstić information content (AvgIpc) is 3.20. The first kappa shape index (κ1) is 17.1. The van der Waals surface area contributed by atoms with Gasteiger partial charge in [-0.25, -0.2) is 0 Å². The maximum Gasteiger partial charge on any atom is 0.260 e. The van der Waals surface area contributed by atoms with Crippen LogP contribution in [0.3, 0.4) is 0 Å². The molecule has 0 unspecified atom stereocenters. The van der Waals surface area contributed by atoms with E-state index < -0.39 is 0 Å². The number of nitrogens with one attached hydrogen (secondary N) is 1. The summed E-state index contributed by atoms with van der Waals surface area (Å²) in [6, 6.07) is 16.9. The van der Waals surface area contributed by atoms with Gasteiger partial charge in [0.25, 0.3) is 11.8 Å². The lowest BCUT2D eigenvalue weighted by molar-refractivity contribution is -0.134. The predicted molar refractivity (Wildman–Crippen MR) is 103 cm³/mol. The van der Waals surface area contributed by atoms with E-state index in [2.05, 4.69) is 4.98 Å². The quantitative estimate of drug-likeness (QED) is 0.775. The van der Waals surface area contributed by atoms with Gasteiger partial charge in [0.05, 0.1) is 0 Å². The Bertz CT molecular complexity index is 943. The topological polar surface area (TPSA) is 65.6 Å². The summed E-state index contributed by atoms with van der Waals surface area (Å²) in [6.45, 7) is 2.11. The number of hydrogen-bond donors (Lipinski definition) is 1. The number of aromatic amines is 1. The Labute approximate surface area is 157 Å². The molecule has 2 heterocycles. The summed E-state index contributed by atoms with van der Waals surface area (Å²) in [5.74, 6) is 0.622. The van der Waals surface area contributed by atoms with Gasteiger partial charge in [0.2, 0.25) is 0 Å². The molecule has 6 heteroatoms. The number of carbonyl (C=O) groups excluding carboxylic acids is 2. The van der Waals surface area contributed by atoms with Gasteiger partial charge in [0.15, 0.2) is 6.61 Å². The zero-order valence-electron chi connectivity index (χ0n) is 14.9. The van der Waals surface area contributed by atoms with Crippen molar-refractivity contribution in [1.82, 2.24) is 14.8 Å². The molecule has 1 saturated heterocycles. The molecule has 2 amide bonds. The molecular weight excluding hydrogens is 342 g/mol. The Morgan fingerprint density at radius 1 is 0.926 bits per heavy atom. The Kier molecular flexibility index (Phi) is 4.78. The van der Waals surface area contributed by atoms with Gasteiger partial charge in [-0.15, -0.1) is 0 Å². The fraction of sp³-hybridized carbons (Fsp3) is 0.238. The van der Waals surface area contributed by atoms with Gasteiger partial charge in [-0.2, -0.15) is 0 Å². The zero-order valence-corrected chi connectivity index (χ0v) is 14.9. The molecule has 1 N–H and O–H groups in total. The highest BCUT2D eigenvalue weighted by molar-refractivity contribution is 5.98. The molecule has 1 aliphatic rings. The molecule has 3 aromatic rings. The van der Waals surface area contributed by atoms with Crippen molar-refractivity contribution >= 4 is 22.7 Å². The second kappa shape index (κ2) is 7.53. The Morgan fingerprint density at radius 3 is 2.44 bits per heavy atom. The maximum absolute atomic E-state index is 12.7. The van der Waals surface area contributed by atoms with E-state index in [1.807, 2.05) is 60.8 Å². The fourth-order valence-corrected chi connectivity index (χ4v) is 3.28. The van der Waals surface area contributed by atoms with Crippen molar-refractivity contribution in [3.63, 3.8) is 0 Å². The van der Waals surface area contributed by atoms with E-state index in [1.165, 1.54) is 0 Å². The van der Waals surface area contributed by atoms with E-state index >= 15 is 0 Å². The number of hydrogen-bond acceptors (Lipinski definition) is 3. The van der Waals surface area contributed by atoms with Crippen LogP contribution in [0, 0.1) is 0 Å². The van der Waals surface area contributed by atoms with Gasteiger partial charge in [-0.05, 0) is 35.7 Å². The summed E-state index contributed by atoms with van der Waals surface area (Å²) in [7, 11) is 0. The summed E-state index contributed by atoms with van der Waals surface area (Å²) in [5, 5.41) is 1.08. The van der Waals surface area contributed by atoms with Crippen LogP contribution in [0.5, 0.6) is 5.75 Å². The highest BCUT2D eigenvalue weighted by atomic mass is 16.5. The van der Waals surface area contributed by atoms with E-state index in [-0.39, 0.29) is 18.4 Å². The number of ether oxygens (including phenoxy) is 1. The number of carbonyl (C=O) groups is 2. The van der Waals surface area contributed by atoms with E-state index in [0.29, 0.717) is 37.5 Å². The number of para-hydroxylation sites is 1. The van der Waals surface area contributed by atoms with Gasteiger partial charge in [-0.3, -0.25) is 9.59 Å². The van der Waals surface area contributed by atoms with Crippen molar-refractivity contribution in [2.45, 2.75) is 0 Å². The number of nitrogens with zero attached hydrogens (tertiary/aromatic N) is 2. The highest BCUT2D eigenvalue weighted by Crippen LogP contribution is 2.17. The summed E-state index contributed by atoms with van der Waals surface area (Å²) < 4.78 is 5.52. The molecule has 2 aromatic carbocycles. The van der Waals surface area contributed by atoms with Crippen molar-refractivity contribution in [1.29, 1.82) is 0 Å². The van der Waals surface area contributed by atoms with Crippen molar-refractivity contribution in [2.75, 3.05) is 32.8 Å². The van der Waals surface area contributed by atoms with Crippen LogP contribution in [-0.2, 0) is 4.79 Å². The van der Waals surface area contributed by atoms with Gasteiger partial charge < -0.3 is 19.5 Å². The van der Waals surface area contributed by atoms with E-state index in [4.69, 9.17) is 4.74 Å². The number of benzene rings is 2. The molecule has 4 rings (SSSR count). The predicted octanol–water partition coefficient (Wildman–Crippen LogP) is 2.53. The molecule has 138 valence electrons. The zero-order chi connectivity index (χ0) is 18.6. The molecule has 1 aromatic heterocycles. The molecule has 1 aliphatic heterocycles. The Morgan fingerprint density at radius 2 is 1.67 bits per heavy atom. The van der Waals surface area contributed by atoms with Crippen LogP contribution in [0.4, 0.5) is 0 Å². The molecule has 1 fully saturated rings. The van der Waals surface area contributed by atoms with E-state index in [1.54, 1.807) is 9.80 Å². The van der Waals surface area contributed by atoms with Crippen LogP contribution < -0.4 is 4.74 Å². The number of rotatable bonds is 4. The minimum Gasteiger partial charge on any atom is -0.484 e. The first-order valence-corrected chi connectivity index (χ1v) is 9.03. The third-order valence-corrected chi connectivity index (χ3v) is 4.83. The standard InChI is InChI=1S/C21H21N3O3/c25-20(15-27-18-4-2-1-3-5-18)23-10-12-24(13-11-23)21(26)17-7-6-16-8-9-22-19(16)14-17/h1-9,14,22H,10-13,15H2. The van der Waals surface area contributed by atoms with Gasteiger partial charge in [-0.1, -0.05) is 24.3 Å². The fourth-order valence-electron chi connectivity index (χ4n) is 3.28. The summed E-state index contributed by atoms with van der Waals surface area (Å²) >= 11 is 0. The first-order valence-electron chi connectivity index (χ1n) is 9.03. The SMILES string of the molecule is O=C(COc1ccccc1)N1CCN(C(=O)c2ccc3cc[nH]c3c2)CC1. The number of aromatic nitrogens is 1. The lowest BCUT2D eigenvalue weighted by atomic mass is 10.1. The van der Waals surface area contributed by atoms with Gasteiger partial charge in [0.1, 0.15) is 5.75 Å². The van der Waals surface area contributed by atoms with Crippen LogP contribution in [0.25, 0.3) is 10.9 Å². The van der Waals surface area contributed by atoms with Crippen molar-refractivity contribution < 1.29 is 14.3 Å². The first-order chi connectivity index (χ1) is 13.2. The minimum atomic E-state index is -0.0567. The van der Waals surface area contributed by atoms with Crippen LogP contribution in [0.2, 0.25) is 0 Å². The lowest BCUT2D eigenvalue weighted by Crippen LogP contribution is -2.51. The summed E-state index contributed by atoms with van der Waals surface area (Å²) in [5.41, 5.74) is 1.62. The maximum atomic E-state index is 12.7. The molecule has 0 radical (unpaired) electrons. The van der Waals surface area contributed by atoms with Crippen LogP contribution in [0.15, 0.2) is 60.8 Å². The monoisotopic (exact) mass is 363 g/mol. The van der Waals surface area contributed by atoms with Crippen LogP contribution >= 0.6 is 0 Å². The largest absolute Gasteiger partial charge is 0.484 e. The normalized spacial score (nSPS) is 14.4. The number of fused-ring (bicyclic) bond motifs is 1. The molecule has 0 aliphatic carbocycles. The molecule has 27 heavy (non-hydrogen) atoms. The van der Waals surface area contributed by atoms with E-state index in [9.17, 15) is 9.59 Å². The third-order valence-electron chi connectivity index (χ3n) is 4.83. The van der Waals surface area contributed by atoms with Crippen LogP contribution in [0.1, 0.15) is 10.4 Å². The summed E-state index contributed by atoms with van der Waals surface area (Å²) in [6.07, 6.45) is 1.86. The second-order valence-corrected chi connectivity index (χ2v) is 6.55. The number of H-pyrrole nitrogens is 1.